The molecule has 9 heavy (non-hydrogen) atoms. The molecule has 1 nitrogen and oxygen atoms in total. The zero-order valence-corrected chi connectivity index (χ0v) is 8.02. The van der Waals surface area contributed by atoms with E-state index in [1.165, 1.54) is 27.4 Å². The molecule has 0 bridgehead atoms. The van der Waals surface area contributed by atoms with Gasteiger partial charge in [0.1, 0.15) is 0 Å². The molecule has 1 rings (SSSR count). The molecule has 2 heteroatoms. The number of alkyl halides is 2. The molecule has 54 valence electrons. The molecular formula is C7H13IN-. The number of nitrogens with zero attached hydrogens (tertiary/aromatic N) is 1. The summed E-state index contributed by atoms with van der Waals surface area (Å²) >= 11 is 0.543. The number of hydrogen-bond donors (Lipinski definition) is 0. The van der Waals surface area contributed by atoms with E-state index in [0.29, 0.717) is 21.2 Å². The average molecular weight is 238 g/mol. The molecule has 1 aliphatic heterocycles. The summed E-state index contributed by atoms with van der Waals surface area (Å²) in [6.45, 7) is 3.28. The van der Waals surface area contributed by atoms with Crippen LogP contribution in [-0.2, 0) is 0 Å². The van der Waals surface area contributed by atoms with Crippen molar-refractivity contribution in [1.82, 2.24) is 0 Å². The van der Waals surface area contributed by atoms with E-state index >= 15 is 0 Å². The number of hydrogen-bond acceptors (Lipinski definition) is 1. The van der Waals surface area contributed by atoms with Gasteiger partial charge in [0, 0.05) is 0 Å². The van der Waals surface area contributed by atoms with E-state index in [4.69, 9.17) is 0 Å². The summed E-state index contributed by atoms with van der Waals surface area (Å²) in [7, 11) is 0. The summed E-state index contributed by atoms with van der Waals surface area (Å²) in [5.74, 6) is 0. The second kappa shape index (κ2) is 4.25. The monoisotopic (exact) mass is 238 g/mol. The molecule has 0 aromatic heterocycles. The van der Waals surface area contributed by atoms with Crippen molar-refractivity contribution in [3.8, 4) is 0 Å². The Kier molecular flexibility index (Phi) is 3.55. The van der Waals surface area contributed by atoms with Crippen LogP contribution in [0.1, 0.15) is 19.8 Å². The number of halogens is 1. The fourth-order valence-corrected chi connectivity index (χ4v) is 2.93. The van der Waals surface area contributed by atoms with Crippen molar-refractivity contribution in [1.29, 1.82) is 0 Å². The van der Waals surface area contributed by atoms with E-state index < -0.39 is 0 Å². The summed E-state index contributed by atoms with van der Waals surface area (Å²) in [6.07, 6.45) is 2.67. The summed E-state index contributed by atoms with van der Waals surface area (Å²) < 4.78 is 2.93. The first kappa shape index (κ1) is 7.51. The van der Waals surface area contributed by atoms with Gasteiger partial charge in [-0.2, -0.15) is 0 Å². The Balaban J connectivity index is 2.32. The zero-order valence-electron chi connectivity index (χ0n) is 5.86. The molecule has 0 spiro atoms. The predicted molar refractivity (Wildman–Crippen MR) is 36.9 cm³/mol. The minimum atomic E-state index is 0.543. The number of rotatable bonds is 0. The van der Waals surface area contributed by atoms with Crippen LogP contribution in [0.4, 0.5) is 0 Å². The summed E-state index contributed by atoms with van der Waals surface area (Å²) in [4.78, 5) is 4.43. The zero-order chi connectivity index (χ0) is 6.53. The Hall–Kier alpha value is 0.400. The van der Waals surface area contributed by atoms with Crippen LogP contribution in [0.25, 0.3) is 0 Å². The van der Waals surface area contributed by atoms with Gasteiger partial charge in [-0.25, -0.2) is 0 Å². The van der Waals surface area contributed by atoms with Gasteiger partial charge >= 0.3 is 67.1 Å². The van der Waals surface area contributed by atoms with E-state index in [1.807, 2.05) is 0 Å². The van der Waals surface area contributed by atoms with Crippen molar-refractivity contribution < 1.29 is 21.2 Å². The standard InChI is InChI=1S/C7H13IN/c1-7-3-2-4-8-5-6-9-7/h2-6H2,1H3/q-1. The van der Waals surface area contributed by atoms with E-state index in [2.05, 4.69) is 11.9 Å². The van der Waals surface area contributed by atoms with Crippen LogP contribution in [0.15, 0.2) is 4.99 Å². The SMILES string of the molecule is CC1=NCC[I-]CCC1. The topological polar surface area (TPSA) is 12.4 Å². The maximum atomic E-state index is 4.43. The van der Waals surface area contributed by atoms with Gasteiger partial charge in [0.2, 0.25) is 0 Å². The molecule has 0 saturated carbocycles. The van der Waals surface area contributed by atoms with Gasteiger partial charge in [0.15, 0.2) is 0 Å². The predicted octanol–water partition coefficient (Wildman–Crippen LogP) is -1.67. The van der Waals surface area contributed by atoms with Crippen LogP contribution < -0.4 is 21.2 Å². The minimum absolute atomic E-state index is 0.543. The normalized spacial score (nSPS) is 23.0. The van der Waals surface area contributed by atoms with Crippen LogP contribution in [0.3, 0.4) is 0 Å². The molecule has 0 radical (unpaired) electrons. The molecule has 0 atom stereocenters. The Morgan fingerprint density at radius 1 is 1.44 bits per heavy atom. The maximum absolute atomic E-state index is 4.43. The van der Waals surface area contributed by atoms with Crippen molar-refractivity contribution in [3.05, 3.63) is 0 Å². The average Bonchev–Trinajstić information content (AvgIpc) is 1.79. The fraction of sp³-hybridized carbons (Fsp3) is 0.857. The third-order valence-electron chi connectivity index (χ3n) is 1.41. The van der Waals surface area contributed by atoms with Crippen LogP contribution in [0.2, 0.25) is 0 Å². The van der Waals surface area contributed by atoms with Crippen LogP contribution in [0.5, 0.6) is 0 Å². The molecule has 0 unspecified atom stereocenters. The summed E-state index contributed by atoms with van der Waals surface area (Å²) in [5.41, 5.74) is 1.37. The van der Waals surface area contributed by atoms with Gasteiger partial charge in [-0.3, -0.25) is 0 Å². The second-order valence-electron chi connectivity index (χ2n) is 2.29. The summed E-state index contributed by atoms with van der Waals surface area (Å²) in [6, 6.07) is 0. The molecule has 0 aromatic carbocycles. The van der Waals surface area contributed by atoms with Crippen molar-refractivity contribution in [2.45, 2.75) is 19.8 Å². The third-order valence-corrected chi connectivity index (χ3v) is 4.18. The Bertz CT molecular complexity index is 109. The van der Waals surface area contributed by atoms with Gasteiger partial charge < -0.3 is 0 Å². The molecule has 0 saturated heterocycles. The van der Waals surface area contributed by atoms with Gasteiger partial charge in [0.05, 0.1) is 0 Å². The molecule has 0 fully saturated rings. The second-order valence-corrected chi connectivity index (χ2v) is 5.52. The molecule has 0 N–H and O–H groups in total. The molecule has 0 amide bonds. The van der Waals surface area contributed by atoms with Crippen molar-refractivity contribution in [2.75, 3.05) is 15.4 Å². The summed E-state index contributed by atoms with van der Waals surface area (Å²) in [5, 5.41) is 0. The van der Waals surface area contributed by atoms with Gasteiger partial charge in [0.25, 0.3) is 0 Å². The quantitative estimate of drug-likeness (QED) is 0.353. The van der Waals surface area contributed by atoms with E-state index in [9.17, 15) is 0 Å². The van der Waals surface area contributed by atoms with Crippen molar-refractivity contribution >= 4 is 5.71 Å². The van der Waals surface area contributed by atoms with Crippen molar-refractivity contribution in [3.63, 3.8) is 0 Å². The fourth-order valence-electron chi connectivity index (χ4n) is 0.884. The number of aliphatic imine (C=N–C) groups is 1. The molecule has 1 aliphatic rings. The third kappa shape index (κ3) is 3.18. The van der Waals surface area contributed by atoms with Gasteiger partial charge in [-0.05, 0) is 0 Å². The van der Waals surface area contributed by atoms with Crippen LogP contribution in [-0.4, -0.2) is 21.1 Å². The van der Waals surface area contributed by atoms with Crippen LogP contribution >= 0.6 is 0 Å². The van der Waals surface area contributed by atoms with E-state index in [-0.39, 0.29) is 0 Å². The molecule has 0 aromatic rings. The van der Waals surface area contributed by atoms with Gasteiger partial charge in [-0.15, -0.1) is 0 Å². The molecular weight excluding hydrogens is 225 g/mol. The first-order chi connectivity index (χ1) is 4.39. The van der Waals surface area contributed by atoms with Crippen molar-refractivity contribution in [2.24, 2.45) is 4.99 Å². The Morgan fingerprint density at radius 2 is 2.33 bits per heavy atom. The van der Waals surface area contributed by atoms with Gasteiger partial charge in [-0.1, -0.05) is 0 Å². The molecule has 0 aliphatic carbocycles. The Labute approximate surface area is 67.2 Å². The first-order valence-corrected chi connectivity index (χ1v) is 6.48. The molecule has 1 heterocycles. The Morgan fingerprint density at radius 3 is 3.22 bits per heavy atom. The van der Waals surface area contributed by atoms with Crippen LogP contribution in [0, 0.1) is 0 Å². The first-order valence-electron chi connectivity index (χ1n) is 3.43. The van der Waals surface area contributed by atoms with E-state index in [0.717, 1.165) is 6.54 Å². The van der Waals surface area contributed by atoms with E-state index in [1.54, 1.807) is 0 Å².